The number of rotatable bonds is 2. The van der Waals surface area contributed by atoms with Crippen LogP contribution < -0.4 is 5.48 Å². The number of hydrogen-bond acceptors (Lipinski definition) is 4. The van der Waals surface area contributed by atoms with E-state index in [2.05, 4.69) is 15.5 Å². The minimum absolute atomic E-state index is 0.208. The van der Waals surface area contributed by atoms with Crippen LogP contribution in [0.2, 0.25) is 0 Å². The highest BCUT2D eigenvalue weighted by molar-refractivity contribution is 5.99. The normalized spacial score (nSPS) is 10.9. The lowest BCUT2D eigenvalue weighted by atomic mass is 10.1. The SMILES string of the molecule is CONC(=NO)c1ccc(C#N)cc1C. The minimum Gasteiger partial charge on any atom is -0.409 e. The average Bonchev–Trinajstić information content (AvgIpc) is 2.26. The molecule has 5 nitrogen and oxygen atoms in total. The van der Waals surface area contributed by atoms with E-state index in [1.807, 2.05) is 13.0 Å². The zero-order chi connectivity index (χ0) is 11.3. The molecular formula is C10H11N3O2. The Bertz CT molecular complexity index is 421. The summed E-state index contributed by atoms with van der Waals surface area (Å²) >= 11 is 0. The maximum atomic E-state index is 8.74. The van der Waals surface area contributed by atoms with Gasteiger partial charge in [0.2, 0.25) is 0 Å². The number of nitriles is 1. The molecule has 0 amide bonds. The zero-order valence-corrected chi connectivity index (χ0v) is 8.48. The van der Waals surface area contributed by atoms with Gasteiger partial charge >= 0.3 is 0 Å². The first-order valence-electron chi connectivity index (χ1n) is 4.25. The number of nitrogens with zero attached hydrogens (tertiary/aromatic N) is 2. The number of amidine groups is 1. The Hall–Kier alpha value is -2.06. The monoisotopic (exact) mass is 205 g/mol. The summed E-state index contributed by atoms with van der Waals surface area (Å²) < 4.78 is 0. The van der Waals surface area contributed by atoms with Gasteiger partial charge in [0.15, 0.2) is 5.84 Å². The molecule has 0 radical (unpaired) electrons. The first-order chi connectivity index (χ1) is 7.22. The highest BCUT2D eigenvalue weighted by Gasteiger charge is 2.07. The molecular weight excluding hydrogens is 194 g/mol. The third-order valence-electron chi connectivity index (χ3n) is 1.91. The van der Waals surface area contributed by atoms with Gasteiger partial charge in [-0.05, 0) is 30.7 Å². The van der Waals surface area contributed by atoms with Gasteiger partial charge in [0, 0.05) is 5.56 Å². The van der Waals surface area contributed by atoms with Crippen molar-refractivity contribution < 1.29 is 10.0 Å². The first kappa shape index (κ1) is 11.0. The Kier molecular flexibility index (Phi) is 3.66. The summed E-state index contributed by atoms with van der Waals surface area (Å²) in [6.45, 7) is 1.82. The number of oxime groups is 1. The van der Waals surface area contributed by atoms with Gasteiger partial charge in [0.25, 0.3) is 0 Å². The van der Waals surface area contributed by atoms with Crippen LogP contribution in [-0.2, 0) is 4.84 Å². The van der Waals surface area contributed by atoms with E-state index in [1.165, 1.54) is 7.11 Å². The molecule has 0 aliphatic rings. The van der Waals surface area contributed by atoms with Crippen LogP contribution in [0.1, 0.15) is 16.7 Å². The Balaban J connectivity index is 3.10. The van der Waals surface area contributed by atoms with Crippen LogP contribution in [0, 0.1) is 18.3 Å². The van der Waals surface area contributed by atoms with Crippen molar-refractivity contribution in [2.45, 2.75) is 6.92 Å². The van der Waals surface area contributed by atoms with Gasteiger partial charge in [-0.1, -0.05) is 5.16 Å². The van der Waals surface area contributed by atoms with Gasteiger partial charge < -0.3 is 5.21 Å². The van der Waals surface area contributed by atoms with E-state index in [-0.39, 0.29) is 5.84 Å². The molecule has 15 heavy (non-hydrogen) atoms. The summed E-state index contributed by atoms with van der Waals surface area (Å²) in [6.07, 6.45) is 0. The maximum Gasteiger partial charge on any atom is 0.196 e. The predicted molar refractivity (Wildman–Crippen MR) is 54.4 cm³/mol. The van der Waals surface area contributed by atoms with Crippen LogP contribution in [0.3, 0.4) is 0 Å². The summed E-state index contributed by atoms with van der Waals surface area (Å²) in [5.41, 5.74) is 4.51. The van der Waals surface area contributed by atoms with Crippen molar-refractivity contribution in [3.05, 3.63) is 34.9 Å². The lowest BCUT2D eigenvalue weighted by Gasteiger charge is -2.08. The molecule has 1 aromatic carbocycles. The van der Waals surface area contributed by atoms with Crippen LogP contribution in [0.4, 0.5) is 0 Å². The quantitative estimate of drug-likeness (QED) is 0.328. The predicted octanol–water partition coefficient (Wildman–Crippen LogP) is 1.15. The van der Waals surface area contributed by atoms with E-state index in [1.54, 1.807) is 18.2 Å². The Morgan fingerprint density at radius 1 is 1.60 bits per heavy atom. The summed E-state index contributed by atoms with van der Waals surface area (Å²) in [6, 6.07) is 7.07. The minimum atomic E-state index is 0.208. The highest BCUT2D eigenvalue weighted by atomic mass is 16.6. The topological polar surface area (TPSA) is 77.6 Å². The lowest BCUT2D eigenvalue weighted by molar-refractivity contribution is 0.140. The van der Waals surface area contributed by atoms with Crippen molar-refractivity contribution in [1.29, 1.82) is 5.26 Å². The van der Waals surface area contributed by atoms with Gasteiger partial charge in [-0.25, -0.2) is 5.48 Å². The van der Waals surface area contributed by atoms with Gasteiger partial charge in [-0.3, -0.25) is 4.84 Å². The summed E-state index contributed by atoms with van der Waals surface area (Å²) in [5.74, 6) is 0.208. The van der Waals surface area contributed by atoms with Crippen LogP contribution >= 0.6 is 0 Å². The number of nitrogens with one attached hydrogen (secondary N) is 1. The molecule has 0 unspecified atom stereocenters. The maximum absolute atomic E-state index is 8.74. The number of hydrogen-bond donors (Lipinski definition) is 2. The highest BCUT2D eigenvalue weighted by Crippen LogP contribution is 2.10. The third-order valence-corrected chi connectivity index (χ3v) is 1.91. The molecule has 0 saturated carbocycles. The van der Waals surface area contributed by atoms with Crippen molar-refractivity contribution in [2.24, 2.45) is 5.16 Å². The Morgan fingerprint density at radius 3 is 2.80 bits per heavy atom. The van der Waals surface area contributed by atoms with E-state index in [0.717, 1.165) is 5.56 Å². The largest absolute Gasteiger partial charge is 0.409 e. The van der Waals surface area contributed by atoms with Crippen LogP contribution in [0.15, 0.2) is 23.4 Å². The molecule has 0 saturated heterocycles. The third kappa shape index (κ3) is 2.45. The van der Waals surface area contributed by atoms with Crippen LogP contribution in [-0.4, -0.2) is 18.2 Å². The molecule has 0 aliphatic carbocycles. The molecule has 2 N–H and O–H groups in total. The molecule has 0 fully saturated rings. The first-order valence-corrected chi connectivity index (χ1v) is 4.25. The lowest BCUT2D eigenvalue weighted by Crippen LogP contribution is -2.24. The van der Waals surface area contributed by atoms with E-state index in [9.17, 15) is 0 Å². The van der Waals surface area contributed by atoms with Crippen molar-refractivity contribution in [2.75, 3.05) is 7.11 Å². The zero-order valence-electron chi connectivity index (χ0n) is 8.48. The number of hydroxylamine groups is 1. The fourth-order valence-electron chi connectivity index (χ4n) is 1.22. The van der Waals surface area contributed by atoms with E-state index >= 15 is 0 Å². The fraction of sp³-hybridized carbons (Fsp3) is 0.200. The molecule has 5 heteroatoms. The second-order valence-corrected chi connectivity index (χ2v) is 2.90. The molecule has 0 heterocycles. The average molecular weight is 205 g/mol. The van der Waals surface area contributed by atoms with Gasteiger partial charge in [-0.15, -0.1) is 0 Å². The molecule has 78 valence electrons. The van der Waals surface area contributed by atoms with E-state index in [0.29, 0.717) is 11.1 Å². The molecule has 1 rings (SSSR count). The van der Waals surface area contributed by atoms with Crippen molar-refractivity contribution in [3.8, 4) is 6.07 Å². The number of benzene rings is 1. The fourth-order valence-corrected chi connectivity index (χ4v) is 1.22. The molecule has 0 atom stereocenters. The van der Waals surface area contributed by atoms with Crippen molar-refractivity contribution in [1.82, 2.24) is 5.48 Å². The van der Waals surface area contributed by atoms with Crippen molar-refractivity contribution >= 4 is 5.84 Å². The standard InChI is InChI=1S/C10H11N3O2/c1-7-5-8(6-11)3-4-9(7)10(12-14)13-15-2/h3-5,14H,1-2H3,(H,12,13). The molecule has 0 bridgehead atoms. The molecule has 0 aromatic heterocycles. The van der Waals surface area contributed by atoms with Crippen LogP contribution in [0.25, 0.3) is 0 Å². The Morgan fingerprint density at radius 2 is 2.33 bits per heavy atom. The second-order valence-electron chi connectivity index (χ2n) is 2.90. The molecule has 1 aromatic rings. The molecule has 0 spiro atoms. The Labute approximate surface area is 87.5 Å². The summed E-state index contributed by atoms with van der Waals surface area (Å²) in [7, 11) is 1.42. The van der Waals surface area contributed by atoms with Gasteiger partial charge in [-0.2, -0.15) is 5.26 Å². The second kappa shape index (κ2) is 4.98. The van der Waals surface area contributed by atoms with Crippen LogP contribution in [0.5, 0.6) is 0 Å². The van der Waals surface area contributed by atoms with E-state index in [4.69, 9.17) is 10.5 Å². The van der Waals surface area contributed by atoms with E-state index < -0.39 is 0 Å². The smallest absolute Gasteiger partial charge is 0.196 e. The van der Waals surface area contributed by atoms with Gasteiger partial charge in [0.1, 0.15) is 0 Å². The summed E-state index contributed by atoms with van der Waals surface area (Å²) in [5, 5.41) is 20.5. The molecule has 0 aliphatic heterocycles. The van der Waals surface area contributed by atoms with Gasteiger partial charge in [0.05, 0.1) is 18.7 Å². The van der Waals surface area contributed by atoms with Crippen molar-refractivity contribution in [3.63, 3.8) is 0 Å². The summed E-state index contributed by atoms with van der Waals surface area (Å²) in [4.78, 5) is 4.66. The number of aryl methyl sites for hydroxylation is 1.